The molecule has 2 aromatic heterocycles. The number of nitrogens with zero attached hydrogens (tertiary/aromatic N) is 3. The van der Waals surface area contributed by atoms with E-state index in [1.54, 1.807) is 0 Å². The molecule has 0 aliphatic carbocycles. The highest BCUT2D eigenvalue weighted by Gasteiger charge is 2.17. The van der Waals surface area contributed by atoms with Crippen LogP contribution in [0.3, 0.4) is 0 Å². The Morgan fingerprint density at radius 3 is 2.83 bits per heavy atom. The van der Waals surface area contributed by atoms with Crippen LogP contribution in [0.15, 0.2) is 23.4 Å². The van der Waals surface area contributed by atoms with Gasteiger partial charge in [0, 0.05) is 6.07 Å². The molecule has 0 radical (unpaired) electrons. The summed E-state index contributed by atoms with van der Waals surface area (Å²) in [5, 5.41) is 5.82. The van der Waals surface area contributed by atoms with Gasteiger partial charge in [-0.3, -0.25) is 5.10 Å². The Bertz CT molecular complexity index is 643. The van der Waals surface area contributed by atoms with Crippen molar-refractivity contribution in [2.45, 2.75) is 5.03 Å². The number of nitrogens with one attached hydrogen (secondary N) is 2. The summed E-state index contributed by atoms with van der Waals surface area (Å²) in [6.07, 6.45) is 1.31. The molecule has 0 saturated carbocycles. The fourth-order valence-corrected chi connectivity index (χ4v) is 2.14. The number of hydrogen-bond donors (Lipinski definition) is 2. The fraction of sp³-hybridized carbons (Fsp3) is 0.125. The Balaban J connectivity index is 2.32. The molecule has 0 saturated heterocycles. The zero-order chi connectivity index (χ0) is 13.2. The van der Waals surface area contributed by atoms with Gasteiger partial charge in [-0.1, -0.05) is 11.6 Å². The van der Waals surface area contributed by atoms with Crippen LogP contribution in [0.1, 0.15) is 0 Å². The summed E-state index contributed by atoms with van der Waals surface area (Å²) in [6, 6.07) is 2.65. The van der Waals surface area contributed by atoms with Gasteiger partial charge in [-0.15, -0.1) is 0 Å². The first-order valence-electron chi connectivity index (χ1n) is 4.62. The Labute approximate surface area is 107 Å². The first-order valence-corrected chi connectivity index (χ1v) is 6.48. The third-order valence-electron chi connectivity index (χ3n) is 1.87. The monoisotopic (exact) mass is 289 g/mol. The second-order valence-corrected chi connectivity index (χ2v) is 5.12. The van der Waals surface area contributed by atoms with Crippen molar-refractivity contribution in [3.8, 4) is 5.88 Å². The SMILES string of the molecule is COc1cc(Cl)nc(NS(=O)(=O)c2ccn[nH]2)n1. The van der Waals surface area contributed by atoms with Gasteiger partial charge in [0.05, 0.1) is 13.3 Å². The molecule has 0 unspecified atom stereocenters. The number of hydrogen-bond acceptors (Lipinski definition) is 6. The van der Waals surface area contributed by atoms with Gasteiger partial charge in [-0.2, -0.15) is 18.5 Å². The minimum Gasteiger partial charge on any atom is -0.481 e. The number of aromatic nitrogens is 4. The molecule has 2 aromatic rings. The third kappa shape index (κ3) is 2.68. The number of aromatic amines is 1. The zero-order valence-electron chi connectivity index (χ0n) is 9.08. The van der Waals surface area contributed by atoms with Crippen LogP contribution in [-0.2, 0) is 10.0 Å². The van der Waals surface area contributed by atoms with E-state index in [4.69, 9.17) is 16.3 Å². The fourth-order valence-electron chi connectivity index (χ4n) is 1.12. The molecule has 2 heterocycles. The van der Waals surface area contributed by atoms with Crippen LogP contribution < -0.4 is 9.46 Å². The lowest BCUT2D eigenvalue weighted by Crippen LogP contribution is -2.15. The molecule has 2 N–H and O–H groups in total. The summed E-state index contributed by atoms with van der Waals surface area (Å²) in [7, 11) is -2.44. The highest BCUT2D eigenvalue weighted by atomic mass is 35.5. The Hall–Kier alpha value is -1.87. The normalized spacial score (nSPS) is 11.2. The number of anilines is 1. The van der Waals surface area contributed by atoms with Gasteiger partial charge in [-0.25, -0.2) is 9.71 Å². The van der Waals surface area contributed by atoms with E-state index in [0.29, 0.717) is 0 Å². The molecule has 2 rings (SSSR count). The van der Waals surface area contributed by atoms with Gasteiger partial charge >= 0.3 is 0 Å². The lowest BCUT2D eigenvalue weighted by Gasteiger charge is -2.06. The van der Waals surface area contributed by atoms with E-state index in [1.165, 1.54) is 25.4 Å². The van der Waals surface area contributed by atoms with Crippen molar-refractivity contribution < 1.29 is 13.2 Å². The predicted octanol–water partition coefficient (Wildman–Crippen LogP) is 0.662. The molecular formula is C8H8ClN5O3S. The van der Waals surface area contributed by atoms with Crippen LogP contribution in [0.4, 0.5) is 5.95 Å². The molecule has 0 atom stereocenters. The summed E-state index contributed by atoms with van der Waals surface area (Å²) in [5.41, 5.74) is 0. The summed E-state index contributed by atoms with van der Waals surface area (Å²) in [4.78, 5) is 7.53. The van der Waals surface area contributed by atoms with E-state index in [1.807, 2.05) is 0 Å². The number of methoxy groups -OCH3 is 1. The van der Waals surface area contributed by atoms with E-state index in [-0.39, 0.29) is 22.0 Å². The van der Waals surface area contributed by atoms with E-state index in [9.17, 15) is 8.42 Å². The molecule has 0 aliphatic rings. The number of sulfonamides is 1. The molecule has 0 aromatic carbocycles. The largest absolute Gasteiger partial charge is 0.481 e. The van der Waals surface area contributed by atoms with Gasteiger partial charge in [0.25, 0.3) is 10.0 Å². The van der Waals surface area contributed by atoms with Gasteiger partial charge in [0.1, 0.15) is 5.15 Å². The van der Waals surface area contributed by atoms with Gasteiger partial charge in [0.2, 0.25) is 11.8 Å². The van der Waals surface area contributed by atoms with Crippen LogP contribution >= 0.6 is 11.6 Å². The van der Waals surface area contributed by atoms with Crippen molar-refractivity contribution in [1.29, 1.82) is 0 Å². The Kier molecular flexibility index (Phi) is 3.34. The van der Waals surface area contributed by atoms with Gasteiger partial charge < -0.3 is 4.74 Å². The molecular weight excluding hydrogens is 282 g/mol. The molecule has 0 spiro atoms. The number of halogens is 1. The maximum atomic E-state index is 11.8. The maximum absolute atomic E-state index is 11.8. The molecule has 18 heavy (non-hydrogen) atoms. The molecule has 8 nitrogen and oxygen atoms in total. The highest BCUT2D eigenvalue weighted by molar-refractivity contribution is 7.92. The average molecular weight is 290 g/mol. The van der Waals surface area contributed by atoms with E-state index >= 15 is 0 Å². The molecule has 0 amide bonds. The predicted molar refractivity (Wildman–Crippen MR) is 63.0 cm³/mol. The topological polar surface area (TPSA) is 110 Å². The number of H-pyrrole nitrogens is 1. The van der Waals surface area contributed by atoms with E-state index in [0.717, 1.165) is 0 Å². The standard InChI is InChI=1S/C8H8ClN5O3S/c1-17-6-4-5(9)11-8(12-6)14-18(15,16)7-2-3-10-13-7/h2-4H,1H3,(H,10,13)(H,11,12,14). The van der Waals surface area contributed by atoms with Crippen LogP contribution in [0.5, 0.6) is 5.88 Å². The van der Waals surface area contributed by atoms with Crippen molar-refractivity contribution in [3.05, 3.63) is 23.5 Å². The minimum absolute atomic E-state index is 0.0594. The molecule has 96 valence electrons. The molecule has 10 heteroatoms. The number of rotatable bonds is 4. The lowest BCUT2D eigenvalue weighted by molar-refractivity contribution is 0.397. The lowest BCUT2D eigenvalue weighted by atomic mass is 10.6. The molecule has 0 bridgehead atoms. The first kappa shape index (κ1) is 12.6. The van der Waals surface area contributed by atoms with Crippen molar-refractivity contribution in [1.82, 2.24) is 20.2 Å². The second kappa shape index (κ2) is 4.78. The van der Waals surface area contributed by atoms with Crippen LogP contribution in [0.2, 0.25) is 5.15 Å². The summed E-state index contributed by atoms with van der Waals surface area (Å²) in [6.45, 7) is 0. The Morgan fingerprint density at radius 2 is 2.22 bits per heavy atom. The van der Waals surface area contributed by atoms with E-state index < -0.39 is 10.0 Å². The maximum Gasteiger partial charge on any atom is 0.281 e. The minimum atomic E-state index is -3.82. The number of ether oxygens (including phenoxy) is 1. The smallest absolute Gasteiger partial charge is 0.281 e. The van der Waals surface area contributed by atoms with Crippen molar-refractivity contribution in [3.63, 3.8) is 0 Å². The first-order chi connectivity index (χ1) is 8.51. The van der Waals surface area contributed by atoms with Crippen molar-refractivity contribution in [2.75, 3.05) is 11.8 Å². The molecule has 0 aliphatic heterocycles. The average Bonchev–Trinajstić information content (AvgIpc) is 2.81. The van der Waals surface area contributed by atoms with Crippen molar-refractivity contribution in [2.24, 2.45) is 0 Å². The molecule has 0 fully saturated rings. The van der Waals surface area contributed by atoms with Crippen LogP contribution in [-0.4, -0.2) is 35.7 Å². The second-order valence-electron chi connectivity index (χ2n) is 3.08. The van der Waals surface area contributed by atoms with Crippen molar-refractivity contribution >= 4 is 27.6 Å². The van der Waals surface area contributed by atoms with Gasteiger partial charge in [-0.05, 0) is 6.07 Å². The summed E-state index contributed by atoms with van der Waals surface area (Å²) in [5.74, 6) is -0.0359. The van der Waals surface area contributed by atoms with Crippen LogP contribution in [0.25, 0.3) is 0 Å². The van der Waals surface area contributed by atoms with Crippen LogP contribution in [0, 0.1) is 0 Å². The third-order valence-corrected chi connectivity index (χ3v) is 3.32. The quantitative estimate of drug-likeness (QED) is 0.800. The van der Waals surface area contributed by atoms with Gasteiger partial charge in [0.15, 0.2) is 5.03 Å². The summed E-state index contributed by atoms with van der Waals surface area (Å²) < 4.78 is 30.7. The Morgan fingerprint density at radius 1 is 1.44 bits per heavy atom. The highest BCUT2D eigenvalue weighted by Crippen LogP contribution is 2.17. The summed E-state index contributed by atoms with van der Waals surface area (Å²) >= 11 is 5.70. The zero-order valence-corrected chi connectivity index (χ0v) is 10.7. The van der Waals surface area contributed by atoms with E-state index in [2.05, 4.69) is 24.9 Å².